The Morgan fingerprint density at radius 1 is 1.06 bits per heavy atom. The van der Waals surface area contributed by atoms with Gasteiger partial charge >= 0.3 is 0 Å². The highest BCUT2D eigenvalue weighted by Crippen LogP contribution is 2.65. The summed E-state index contributed by atoms with van der Waals surface area (Å²) in [6, 6.07) is 11.7. The molecule has 4 aliphatic rings. The molecule has 0 aliphatic heterocycles. The molecule has 0 spiro atoms. The molecule has 8 heteroatoms. The number of hydrogen-bond donors (Lipinski definition) is 2. The molecular weight excluding hydrogens is 516 g/mol. The van der Waals surface area contributed by atoms with Gasteiger partial charge in [-0.3, -0.25) is 9.52 Å². The Morgan fingerprint density at radius 3 is 2.32 bits per heavy atom. The van der Waals surface area contributed by atoms with E-state index in [0.29, 0.717) is 40.9 Å². The fraction of sp³-hybridized carbons (Fsp3) is 0.500. The molecule has 0 saturated heterocycles. The number of nitrogens with one attached hydrogen (secondary N) is 2. The highest BCUT2D eigenvalue weighted by atomic mass is 79.9. The van der Waals surface area contributed by atoms with Gasteiger partial charge in [-0.25, -0.2) is 8.42 Å². The summed E-state index contributed by atoms with van der Waals surface area (Å²) in [6.07, 6.45) is 7.57. The van der Waals surface area contributed by atoms with Gasteiger partial charge in [-0.05, 0) is 105 Å². The molecule has 4 aliphatic carbocycles. The molecule has 34 heavy (non-hydrogen) atoms. The Morgan fingerprint density at radius 2 is 1.71 bits per heavy atom. The standard InChI is InChI=1S/C26H31BrN2O4S/c1-17-3-4-21(10-23(17)34(31,32)29-20-5-7-22(33-2)8-6-20)28-24(30)15-25-11-18-9-19(12-25)14-26(27,13-18)16-25/h3-8,10,18-19,29H,9,11-16H2,1-2H3,(H,28,30)/t18-,19-,25?,26?/m0/s1. The lowest BCUT2D eigenvalue weighted by atomic mass is 9.48. The molecule has 1 amide bonds. The van der Waals surface area contributed by atoms with Crippen molar-refractivity contribution >= 4 is 43.2 Å². The SMILES string of the molecule is COc1ccc(NS(=O)(=O)c2cc(NC(=O)CC34C[C@@H]5C[C@H](CC(Br)(C5)C3)C4)ccc2C)cc1. The Balaban J connectivity index is 1.30. The number of benzene rings is 2. The summed E-state index contributed by atoms with van der Waals surface area (Å²) in [5.74, 6) is 2.05. The van der Waals surface area contributed by atoms with Crippen molar-refractivity contribution in [2.75, 3.05) is 17.1 Å². The van der Waals surface area contributed by atoms with Gasteiger partial charge < -0.3 is 10.1 Å². The minimum Gasteiger partial charge on any atom is -0.497 e. The van der Waals surface area contributed by atoms with Gasteiger partial charge in [0.05, 0.1) is 12.0 Å². The van der Waals surface area contributed by atoms with Crippen LogP contribution in [0.5, 0.6) is 5.75 Å². The normalized spacial score (nSPS) is 29.6. The highest BCUT2D eigenvalue weighted by Gasteiger charge is 2.57. The fourth-order valence-electron chi connectivity index (χ4n) is 6.93. The number of alkyl halides is 1. The van der Waals surface area contributed by atoms with Gasteiger partial charge in [-0.1, -0.05) is 22.0 Å². The first-order valence-electron chi connectivity index (χ1n) is 11.8. The second kappa shape index (κ2) is 8.55. The molecule has 2 aromatic carbocycles. The number of carbonyl (C=O) groups excluding carboxylic acids is 1. The van der Waals surface area contributed by atoms with E-state index in [1.807, 2.05) is 0 Å². The zero-order chi connectivity index (χ0) is 24.1. The lowest BCUT2D eigenvalue weighted by Crippen LogP contribution is -2.53. The average Bonchev–Trinajstić information content (AvgIpc) is 2.73. The fourth-order valence-corrected chi connectivity index (χ4v) is 9.77. The van der Waals surface area contributed by atoms with Gasteiger partial charge in [-0.2, -0.15) is 0 Å². The maximum absolute atomic E-state index is 13.1. The predicted octanol–water partition coefficient (Wildman–Crippen LogP) is 5.87. The number of ether oxygens (including phenoxy) is 1. The number of rotatable bonds is 7. The molecule has 2 N–H and O–H groups in total. The molecule has 6 rings (SSSR count). The molecular formula is C26H31BrN2O4S. The van der Waals surface area contributed by atoms with Crippen molar-refractivity contribution in [3.63, 3.8) is 0 Å². The van der Waals surface area contributed by atoms with E-state index >= 15 is 0 Å². The van der Waals surface area contributed by atoms with E-state index < -0.39 is 10.0 Å². The molecule has 0 radical (unpaired) electrons. The summed E-state index contributed by atoms with van der Waals surface area (Å²) in [4.78, 5) is 13.2. The van der Waals surface area contributed by atoms with Crippen molar-refractivity contribution in [1.82, 2.24) is 0 Å². The van der Waals surface area contributed by atoms with Gasteiger partial charge in [0, 0.05) is 22.1 Å². The maximum Gasteiger partial charge on any atom is 0.262 e. The van der Waals surface area contributed by atoms with Crippen LogP contribution in [0, 0.1) is 24.2 Å². The Hall–Kier alpha value is -2.06. The van der Waals surface area contributed by atoms with Crippen LogP contribution in [-0.2, 0) is 14.8 Å². The molecule has 6 nitrogen and oxygen atoms in total. The van der Waals surface area contributed by atoms with Crippen LogP contribution in [0.1, 0.15) is 50.5 Å². The topological polar surface area (TPSA) is 84.5 Å². The molecule has 0 heterocycles. The Kier molecular flexibility index (Phi) is 5.96. The van der Waals surface area contributed by atoms with E-state index in [4.69, 9.17) is 4.74 Å². The van der Waals surface area contributed by atoms with Gasteiger partial charge in [0.1, 0.15) is 5.75 Å². The Labute approximate surface area is 210 Å². The minimum atomic E-state index is -3.82. The number of sulfonamides is 1. The van der Waals surface area contributed by atoms with Crippen molar-refractivity contribution in [2.45, 2.75) is 61.1 Å². The zero-order valence-corrected chi connectivity index (χ0v) is 22.0. The summed E-state index contributed by atoms with van der Waals surface area (Å²) in [7, 11) is -2.26. The van der Waals surface area contributed by atoms with Crippen LogP contribution in [0.2, 0.25) is 0 Å². The first-order chi connectivity index (χ1) is 16.1. The van der Waals surface area contributed by atoms with Crippen molar-refractivity contribution < 1.29 is 17.9 Å². The number of halogens is 1. The molecule has 182 valence electrons. The average molecular weight is 548 g/mol. The first kappa shape index (κ1) is 23.7. The molecule has 2 atom stereocenters. The van der Waals surface area contributed by atoms with Crippen molar-refractivity contribution in [3.05, 3.63) is 48.0 Å². The number of aryl methyl sites for hydroxylation is 1. The number of methoxy groups -OCH3 is 1. The highest BCUT2D eigenvalue weighted by molar-refractivity contribution is 9.10. The Bertz CT molecular complexity index is 1200. The van der Waals surface area contributed by atoms with E-state index in [9.17, 15) is 13.2 Å². The maximum atomic E-state index is 13.1. The molecule has 4 bridgehead atoms. The monoisotopic (exact) mass is 546 g/mol. The van der Waals surface area contributed by atoms with E-state index in [-0.39, 0.29) is 20.5 Å². The lowest BCUT2D eigenvalue weighted by molar-refractivity contribution is -0.123. The third kappa shape index (κ3) is 4.71. The number of hydrogen-bond acceptors (Lipinski definition) is 4. The summed E-state index contributed by atoms with van der Waals surface area (Å²) in [5.41, 5.74) is 1.62. The van der Waals surface area contributed by atoms with Crippen LogP contribution in [0.4, 0.5) is 11.4 Å². The zero-order valence-electron chi connectivity index (χ0n) is 19.6. The largest absolute Gasteiger partial charge is 0.497 e. The van der Waals surface area contributed by atoms with Crippen molar-refractivity contribution in [2.24, 2.45) is 17.3 Å². The van der Waals surface area contributed by atoms with Gasteiger partial charge in [0.15, 0.2) is 0 Å². The lowest BCUT2D eigenvalue weighted by Gasteiger charge is -2.60. The van der Waals surface area contributed by atoms with E-state index in [2.05, 4.69) is 26.0 Å². The van der Waals surface area contributed by atoms with Gasteiger partial charge in [-0.15, -0.1) is 0 Å². The van der Waals surface area contributed by atoms with E-state index in [1.165, 1.54) is 19.3 Å². The van der Waals surface area contributed by atoms with Crippen LogP contribution in [0.15, 0.2) is 47.4 Å². The summed E-state index contributed by atoms with van der Waals surface area (Å²) < 4.78 is 34.1. The number of anilines is 2. The van der Waals surface area contributed by atoms with E-state index in [1.54, 1.807) is 56.5 Å². The van der Waals surface area contributed by atoms with Crippen molar-refractivity contribution in [3.8, 4) is 5.75 Å². The molecule has 4 saturated carbocycles. The van der Waals surface area contributed by atoms with Gasteiger partial charge in [0.2, 0.25) is 5.91 Å². The summed E-state index contributed by atoms with van der Waals surface area (Å²) in [5, 5.41) is 2.99. The smallest absolute Gasteiger partial charge is 0.262 e. The first-order valence-corrected chi connectivity index (χ1v) is 14.1. The molecule has 0 unspecified atom stereocenters. The molecule has 0 aromatic heterocycles. The second-order valence-corrected chi connectivity index (χ2v) is 14.0. The quantitative estimate of drug-likeness (QED) is 0.425. The predicted molar refractivity (Wildman–Crippen MR) is 137 cm³/mol. The van der Waals surface area contributed by atoms with Crippen LogP contribution >= 0.6 is 15.9 Å². The minimum absolute atomic E-state index is 0.0339. The summed E-state index contributed by atoms with van der Waals surface area (Å²) >= 11 is 4.01. The number of amides is 1. The molecule has 2 aromatic rings. The van der Waals surface area contributed by atoms with Gasteiger partial charge in [0.25, 0.3) is 10.0 Å². The van der Waals surface area contributed by atoms with E-state index in [0.717, 1.165) is 19.3 Å². The van der Waals surface area contributed by atoms with Crippen molar-refractivity contribution in [1.29, 1.82) is 0 Å². The third-order valence-corrected chi connectivity index (χ3v) is 10.2. The van der Waals surface area contributed by atoms with Crippen LogP contribution < -0.4 is 14.8 Å². The van der Waals surface area contributed by atoms with Crippen LogP contribution in [-0.4, -0.2) is 25.8 Å². The third-order valence-electron chi connectivity index (χ3n) is 7.75. The molecule has 4 fully saturated rings. The van der Waals surface area contributed by atoms with Crippen LogP contribution in [0.25, 0.3) is 0 Å². The summed E-state index contributed by atoms with van der Waals surface area (Å²) in [6.45, 7) is 1.75. The number of carbonyl (C=O) groups is 1. The van der Waals surface area contributed by atoms with Crippen LogP contribution in [0.3, 0.4) is 0 Å². The second-order valence-electron chi connectivity index (χ2n) is 10.7.